The van der Waals surface area contributed by atoms with Crippen molar-refractivity contribution in [1.82, 2.24) is 10.6 Å². The highest BCUT2D eigenvalue weighted by Gasteiger charge is 2.24. The van der Waals surface area contributed by atoms with E-state index in [2.05, 4.69) is 5.32 Å². The maximum Gasteiger partial charge on any atom is 0.326 e. The molecular formula is C10H16N4O7. The monoisotopic (exact) mass is 304 g/mol. The van der Waals surface area contributed by atoms with Crippen LogP contribution in [0.15, 0.2) is 0 Å². The van der Waals surface area contributed by atoms with Crippen LogP contribution >= 0.6 is 0 Å². The van der Waals surface area contributed by atoms with Gasteiger partial charge in [0.25, 0.3) is 0 Å². The minimum absolute atomic E-state index is 0.535. The number of carboxylic acids is 2. The molecule has 0 radical (unpaired) electrons. The van der Waals surface area contributed by atoms with Gasteiger partial charge in [0.2, 0.25) is 17.7 Å². The molecule has 0 aliphatic rings. The van der Waals surface area contributed by atoms with Gasteiger partial charge in [-0.15, -0.1) is 0 Å². The van der Waals surface area contributed by atoms with Crippen LogP contribution in [0.25, 0.3) is 0 Å². The molecule has 0 heterocycles. The normalized spacial score (nSPS) is 13.0. The molecule has 118 valence electrons. The van der Waals surface area contributed by atoms with E-state index in [9.17, 15) is 24.0 Å². The smallest absolute Gasteiger partial charge is 0.326 e. The van der Waals surface area contributed by atoms with Crippen molar-refractivity contribution >= 4 is 29.7 Å². The van der Waals surface area contributed by atoms with Gasteiger partial charge < -0.3 is 27.0 Å². The van der Waals surface area contributed by atoms with Gasteiger partial charge in [-0.25, -0.2) is 4.79 Å². The third-order valence-corrected chi connectivity index (χ3v) is 2.25. The summed E-state index contributed by atoms with van der Waals surface area (Å²) in [5.74, 6) is -5.54. The summed E-state index contributed by atoms with van der Waals surface area (Å²) in [5.41, 5.74) is 9.67. The summed E-state index contributed by atoms with van der Waals surface area (Å²) in [6.07, 6.45) is -1.14. The van der Waals surface area contributed by atoms with Crippen molar-refractivity contribution in [3.05, 3.63) is 0 Å². The Kier molecular flexibility index (Phi) is 7.39. The van der Waals surface area contributed by atoms with E-state index >= 15 is 0 Å². The molecular weight excluding hydrogens is 288 g/mol. The molecule has 0 aliphatic carbocycles. The van der Waals surface area contributed by atoms with E-state index in [-0.39, 0.29) is 0 Å². The molecule has 11 heteroatoms. The van der Waals surface area contributed by atoms with Crippen molar-refractivity contribution in [2.24, 2.45) is 11.5 Å². The molecule has 2 atom stereocenters. The minimum Gasteiger partial charge on any atom is -0.480 e. The molecule has 21 heavy (non-hydrogen) atoms. The largest absolute Gasteiger partial charge is 0.480 e. The fourth-order valence-electron chi connectivity index (χ4n) is 1.31. The van der Waals surface area contributed by atoms with Crippen LogP contribution in [0.3, 0.4) is 0 Å². The fraction of sp³-hybridized carbons (Fsp3) is 0.500. The molecule has 8 N–H and O–H groups in total. The second-order valence-corrected chi connectivity index (χ2v) is 4.07. The second kappa shape index (κ2) is 8.47. The molecule has 0 aromatic rings. The van der Waals surface area contributed by atoms with Crippen LogP contribution < -0.4 is 22.1 Å². The lowest BCUT2D eigenvalue weighted by Gasteiger charge is -2.15. The zero-order valence-electron chi connectivity index (χ0n) is 10.9. The highest BCUT2D eigenvalue weighted by molar-refractivity contribution is 5.89. The third-order valence-electron chi connectivity index (χ3n) is 2.25. The molecule has 0 bridgehead atoms. The number of hydrogen-bond acceptors (Lipinski definition) is 6. The Labute approximate surface area is 118 Å². The van der Waals surface area contributed by atoms with Crippen LogP contribution in [0.5, 0.6) is 0 Å². The summed E-state index contributed by atoms with van der Waals surface area (Å²) in [4.78, 5) is 54.3. The highest BCUT2D eigenvalue weighted by atomic mass is 16.4. The van der Waals surface area contributed by atoms with Crippen LogP contribution in [0.2, 0.25) is 0 Å². The molecule has 3 amide bonds. The van der Waals surface area contributed by atoms with Crippen molar-refractivity contribution < 1.29 is 34.2 Å². The summed E-state index contributed by atoms with van der Waals surface area (Å²) in [6, 6.07) is -2.90. The lowest BCUT2D eigenvalue weighted by molar-refractivity contribution is -0.143. The standard InChI is InChI=1S/C10H16N4O7/c11-6(15)1-4(9(18)19)13-3-8(17)14-5(10(20)21)2-7(12)16/h4-5,13H,1-3H2,(H2,11,15)(H2,12,16)(H,14,17)(H,18,19)(H,20,21)/t4-,5-/m0/s1. The Bertz CT molecular complexity index is 451. The van der Waals surface area contributed by atoms with Crippen molar-refractivity contribution in [2.75, 3.05) is 6.54 Å². The first-order valence-corrected chi connectivity index (χ1v) is 5.68. The number of aliphatic carboxylic acids is 2. The molecule has 0 saturated carbocycles. The quantitative estimate of drug-likeness (QED) is 0.237. The van der Waals surface area contributed by atoms with E-state index in [1.165, 1.54) is 0 Å². The van der Waals surface area contributed by atoms with Crippen LogP contribution in [0, 0.1) is 0 Å². The number of carboxylic acid groups (broad SMARTS) is 2. The molecule has 11 nitrogen and oxygen atoms in total. The Morgan fingerprint density at radius 1 is 0.857 bits per heavy atom. The maximum atomic E-state index is 11.5. The number of nitrogens with one attached hydrogen (secondary N) is 2. The zero-order chi connectivity index (χ0) is 16.6. The average molecular weight is 304 g/mol. The average Bonchev–Trinajstić information content (AvgIpc) is 2.32. The van der Waals surface area contributed by atoms with Crippen molar-refractivity contribution in [3.63, 3.8) is 0 Å². The van der Waals surface area contributed by atoms with Gasteiger partial charge in [0.05, 0.1) is 19.4 Å². The molecule has 0 unspecified atom stereocenters. The summed E-state index contributed by atoms with van der Waals surface area (Å²) in [7, 11) is 0. The molecule has 0 aromatic heterocycles. The fourth-order valence-corrected chi connectivity index (χ4v) is 1.31. The molecule has 0 rings (SSSR count). The first-order chi connectivity index (χ1) is 9.63. The number of carbonyl (C=O) groups excluding carboxylic acids is 3. The molecule has 0 saturated heterocycles. The van der Waals surface area contributed by atoms with Gasteiger partial charge in [0.1, 0.15) is 12.1 Å². The van der Waals surface area contributed by atoms with Gasteiger partial charge in [0, 0.05) is 0 Å². The van der Waals surface area contributed by atoms with E-state index in [4.69, 9.17) is 21.7 Å². The lowest BCUT2D eigenvalue weighted by Crippen LogP contribution is -2.49. The van der Waals surface area contributed by atoms with E-state index in [0.717, 1.165) is 0 Å². The Morgan fingerprint density at radius 2 is 1.29 bits per heavy atom. The number of amides is 3. The van der Waals surface area contributed by atoms with Crippen molar-refractivity contribution in [2.45, 2.75) is 24.9 Å². The van der Waals surface area contributed by atoms with Gasteiger partial charge >= 0.3 is 11.9 Å². The van der Waals surface area contributed by atoms with Crippen LogP contribution in [0.4, 0.5) is 0 Å². The summed E-state index contributed by atoms with van der Waals surface area (Å²) in [5, 5.41) is 21.7. The van der Waals surface area contributed by atoms with Crippen LogP contribution in [-0.4, -0.2) is 58.5 Å². The van der Waals surface area contributed by atoms with Crippen molar-refractivity contribution in [1.29, 1.82) is 0 Å². The zero-order valence-corrected chi connectivity index (χ0v) is 10.9. The SMILES string of the molecule is NC(=O)C[C@H](NCC(=O)N[C@@H](CC(N)=O)C(=O)O)C(=O)O. The predicted octanol–water partition coefficient (Wildman–Crippen LogP) is -3.65. The number of nitrogens with two attached hydrogens (primary N) is 2. The predicted molar refractivity (Wildman–Crippen MR) is 66.6 cm³/mol. The van der Waals surface area contributed by atoms with E-state index in [1.807, 2.05) is 5.32 Å². The maximum absolute atomic E-state index is 11.5. The number of rotatable bonds is 10. The molecule has 0 fully saturated rings. The van der Waals surface area contributed by atoms with Gasteiger partial charge in [-0.05, 0) is 0 Å². The molecule has 0 aliphatic heterocycles. The number of hydrogen-bond donors (Lipinski definition) is 6. The van der Waals surface area contributed by atoms with Crippen LogP contribution in [0.1, 0.15) is 12.8 Å². The minimum atomic E-state index is -1.52. The third kappa shape index (κ3) is 8.15. The summed E-state index contributed by atoms with van der Waals surface area (Å²) in [6.45, 7) is -0.577. The van der Waals surface area contributed by atoms with Gasteiger partial charge in [-0.2, -0.15) is 0 Å². The Balaban J connectivity index is 4.46. The van der Waals surface area contributed by atoms with Gasteiger partial charge in [-0.1, -0.05) is 0 Å². The lowest BCUT2D eigenvalue weighted by atomic mass is 10.2. The number of primary amides is 2. The summed E-state index contributed by atoms with van der Waals surface area (Å²) < 4.78 is 0. The van der Waals surface area contributed by atoms with Crippen LogP contribution in [-0.2, 0) is 24.0 Å². The second-order valence-electron chi connectivity index (χ2n) is 4.07. The van der Waals surface area contributed by atoms with Crippen molar-refractivity contribution in [3.8, 4) is 0 Å². The topological polar surface area (TPSA) is 202 Å². The first-order valence-electron chi connectivity index (χ1n) is 5.68. The number of carbonyl (C=O) groups is 5. The summed E-state index contributed by atoms with van der Waals surface area (Å²) >= 11 is 0. The highest BCUT2D eigenvalue weighted by Crippen LogP contribution is 1.93. The van der Waals surface area contributed by atoms with E-state index in [0.29, 0.717) is 0 Å². The first kappa shape index (κ1) is 18.3. The molecule has 0 aromatic carbocycles. The van der Waals surface area contributed by atoms with E-state index < -0.39 is 61.1 Å². The molecule has 0 spiro atoms. The van der Waals surface area contributed by atoms with Gasteiger partial charge in [-0.3, -0.25) is 24.5 Å². The Hall–Kier alpha value is -2.69. The Morgan fingerprint density at radius 3 is 1.67 bits per heavy atom. The van der Waals surface area contributed by atoms with Gasteiger partial charge in [0.15, 0.2) is 0 Å². The van der Waals surface area contributed by atoms with E-state index in [1.54, 1.807) is 0 Å².